The molecule has 0 bridgehead atoms. The molecule has 106 valence electrons. The second-order valence-electron chi connectivity index (χ2n) is 5.13. The summed E-state index contributed by atoms with van der Waals surface area (Å²) in [5.41, 5.74) is -0.350. The first-order chi connectivity index (χ1) is 8.87. The fourth-order valence-electron chi connectivity index (χ4n) is 2.01. The van der Waals surface area contributed by atoms with Crippen LogP contribution in [0.3, 0.4) is 0 Å². The Morgan fingerprint density at radius 2 is 1.84 bits per heavy atom. The summed E-state index contributed by atoms with van der Waals surface area (Å²) in [6, 6.07) is 3.33. The van der Waals surface area contributed by atoms with Gasteiger partial charge in [-0.3, -0.25) is 0 Å². The van der Waals surface area contributed by atoms with Gasteiger partial charge in [0, 0.05) is 12.1 Å². The highest BCUT2D eigenvalue weighted by atomic mass is 32.2. The predicted molar refractivity (Wildman–Crippen MR) is 68.9 cm³/mol. The molecule has 2 rings (SSSR count). The second kappa shape index (κ2) is 5.17. The molecule has 0 unspecified atom stereocenters. The summed E-state index contributed by atoms with van der Waals surface area (Å²) in [4.78, 5) is 0. The van der Waals surface area contributed by atoms with E-state index in [1.54, 1.807) is 0 Å². The second-order valence-corrected chi connectivity index (χ2v) is 6.94. The number of benzene rings is 1. The van der Waals surface area contributed by atoms with E-state index in [-0.39, 0.29) is 5.41 Å². The van der Waals surface area contributed by atoms with Gasteiger partial charge in [0.05, 0.1) is 5.75 Å². The van der Waals surface area contributed by atoms with Gasteiger partial charge in [0.25, 0.3) is 0 Å². The van der Waals surface area contributed by atoms with Crippen LogP contribution in [0, 0.1) is 17.0 Å². The SMILES string of the molecule is CCC1(CNS(=O)(=O)Cc2c(F)cccc2F)CC1. The zero-order chi connectivity index (χ0) is 14.1. The van der Waals surface area contributed by atoms with Gasteiger partial charge in [-0.15, -0.1) is 0 Å². The van der Waals surface area contributed by atoms with E-state index in [1.165, 1.54) is 6.07 Å². The fourth-order valence-corrected chi connectivity index (χ4v) is 3.29. The van der Waals surface area contributed by atoms with Crippen molar-refractivity contribution in [3.63, 3.8) is 0 Å². The Morgan fingerprint density at radius 1 is 1.26 bits per heavy atom. The van der Waals surface area contributed by atoms with Crippen LogP contribution in [0.15, 0.2) is 18.2 Å². The highest BCUT2D eigenvalue weighted by Crippen LogP contribution is 2.47. The summed E-state index contributed by atoms with van der Waals surface area (Å²) in [5.74, 6) is -2.32. The molecule has 0 saturated heterocycles. The maximum atomic E-state index is 13.4. The Balaban J connectivity index is 2.05. The largest absolute Gasteiger partial charge is 0.216 e. The molecule has 0 aliphatic heterocycles. The number of sulfonamides is 1. The van der Waals surface area contributed by atoms with Gasteiger partial charge in [0.15, 0.2) is 0 Å². The van der Waals surface area contributed by atoms with E-state index >= 15 is 0 Å². The lowest BCUT2D eigenvalue weighted by atomic mass is 10.1. The Bertz CT molecular complexity index is 548. The first kappa shape index (κ1) is 14.4. The lowest BCUT2D eigenvalue weighted by molar-refractivity contribution is 0.474. The van der Waals surface area contributed by atoms with Crippen molar-refractivity contribution in [2.75, 3.05) is 6.54 Å². The molecule has 0 atom stereocenters. The Hall–Kier alpha value is -1.01. The Kier molecular flexibility index (Phi) is 3.92. The maximum Gasteiger partial charge on any atom is 0.216 e. The molecule has 1 aromatic carbocycles. The van der Waals surface area contributed by atoms with Crippen molar-refractivity contribution in [1.29, 1.82) is 0 Å². The van der Waals surface area contributed by atoms with E-state index in [0.717, 1.165) is 31.4 Å². The highest BCUT2D eigenvalue weighted by molar-refractivity contribution is 7.88. The molecule has 1 N–H and O–H groups in total. The minimum absolute atomic E-state index is 0.0564. The number of nitrogens with one attached hydrogen (secondary N) is 1. The van der Waals surface area contributed by atoms with E-state index in [0.29, 0.717) is 6.54 Å². The Labute approximate surface area is 112 Å². The van der Waals surface area contributed by atoms with Crippen LogP contribution in [0.25, 0.3) is 0 Å². The van der Waals surface area contributed by atoms with Gasteiger partial charge in [-0.05, 0) is 36.8 Å². The molecular formula is C13H17F2NO2S. The van der Waals surface area contributed by atoms with E-state index in [2.05, 4.69) is 4.72 Å². The average Bonchev–Trinajstić information content (AvgIpc) is 3.13. The van der Waals surface area contributed by atoms with Crippen molar-refractivity contribution in [2.24, 2.45) is 5.41 Å². The van der Waals surface area contributed by atoms with Crippen molar-refractivity contribution in [2.45, 2.75) is 31.9 Å². The number of rotatable bonds is 6. The minimum atomic E-state index is -3.71. The molecule has 1 saturated carbocycles. The Morgan fingerprint density at radius 3 is 2.32 bits per heavy atom. The molecule has 1 aliphatic carbocycles. The van der Waals surface area contributed by atoms with Crippen molar-refractivity contribution >= 4 is 10.0 Å². The van der Waals surface area contributed by atoms with Gasteiger partial charge in [0.2, 0.25) is 10.0 Å². The van der Waals surface area contributed by atoms with E-state index in [9.17, 15) is 17.2 Å². The van der Waals surface area contributed by atoms with Crippen LogP contribution in [-0.2, 0) is 15.8 Å². The molecule has 6 heteroatoms. The molecular weight excluding hydrogens is 272 g/mol. The summed E-state index contributed by atoms with van der Waals surface area (Å²) in [7, 11) is -3.71. The van der Waals surface area contributed by atoms with Crippen LogP contribution in [0.2, 0.25) is 0 Å². The standard InChI is InChI=1S/C13H17F2NO2S/c1-2-13(6-7-13)9-16-19(17,18)8-10-11(14)4-3-5-12(10)15/h3-5,16H,2,6-9H2,1H3. The van der Waals surface area contributed by atoms with Crippen LogP contribution in [0.5, 0.6) is 0 Å². The van der Waals surface area contributed by atoms with Gasteiger partial charge in [-0.1, -0.05) is 13.0 Å². The summed E-state index contributed by atoms with van der Waals surface area (Å²) in [6.07, 6.45) is 2.91. The van der Waals surface area contributed by atoms with Crippen molar-refractivity contribution in [3.05, 3.63) is 35.4 Å². The van der Waals surface area contributed by atoms with Crippen LogP contribution < -0.4 is 4.72 Å². The van der Waals surface area contributed by atoms with E-state index < -0.39 is 33.0 Å². The van der Waals surface area contributed by atoms with Crippen molar-refractivity contribution in [1.82, 2.24) is 4.72 Å². The zero-order valence-electron chi connectivity index (χ0n) is 10.7. The number of halogens is 2. The number of hydrogen-bond acceptors (Lipinski definition) is 2. The molecule has 19 heavy (non-hydrogen) atoms. The van der Waals surface area contributed by atoms with Gasteiger partial charge < -0.3 is 0 Å². The van der Waals surface area contributed by atoms with E-state index in [4.69, 9.17) is 0 Å². The molecule has 1 aromatic rings. The smallest absolute Gasteiger partial charge is 0.214 e. The maximum absolute atomic E-state index is 13.4. The van der Waals surface area contributed by atoms with Crippen LogP contribution in [-0.4, -0.2) is 15.0 Å². The summed E-state index contributed by atoms with van der Waals surface area (Å²) in [5, 5.41) is 0. The van der Waals surface area contributed by atoms with Gasteiger partial charge in [-0.25, -0.2) is 21.9 Å². The lowest BCUT2D eigenvalue weighted by Gasteiger charge is -2.14. The predicted octanol–water partition coefficient (Wildman–Crippen LogP) is 2.57. The average molecular weight is 289 g/mol. The molecule has 0 spiro atoms. The van der Waals surface area contributed by atoms with Crippen LogP contribution in [0.4, 0.5) is 8.78 Å². The zero-order valence-corrected chi connectivity index (χ0v) is 11.6. The first-order valence-corrected chi connectivity index (χ1v) is 7.93. The van der Waals surface area contributed by atoms with E-state index in [1.807, 2.05) is 6.92 Å². The summed E-state index contributed by atoms with van der Waals surface area (Å²) < 4.78 is 53.0. The lowest BCUT2D eigenvalue weighted by Crippen LogP contribution is -2.31. The van der Waals surface area contributed by atoms with Crippen molar-refractivity contribution in [3.8, 4) is 0 Å². The molecule has 3 nitrogen and oxygen atoms in total. The third kappa shape index (κ3) is 3.51. The topological polar surface area (TPSA) is 46.2 Å². The summed E-state index contributed by atoms with van der Waals surface area (Å²) >= 11 is 0. The first-order valence-electron chi connectivity index (χ1n) is 6.28. The monoisotopic (exact) mass is 289 g/mol. The van der Waals surface area contributed by atoms with Crippen LogP contribution in [0.1, 0.15) is 31.7 Å². The number of hydrogen-bond donors (Lipinski definition) is 1. The molecule has 1 fully saturated rings. The third-order valence-corrected chi connectivity index (χ3v) is 5.02. The third-order valence-electron chi connectivity index (χ3n) is 3.77. The fraction of sp³-hybridized carbons (Fsp3) is 0.538. The molecule has 0 heterocycles. The minimum Gasteiger partial charge on any atom is -0.214 e. The van der Waals surface area contributed by atoms with Gasteiger partial charge in [-0.2, -0.15) is 0 Å². The van der Waals surface area contributed by atoms with Crippen LogP contribution >= 0.6 is 0 Å². The molecule has 0 aromatic heterocycles. The van der Waals surface area contributed by atoms with Gasteiger partial charge >= 0.3 is 0 Å². The quantitative estimate of drug-likeness (QED) is 0.875. The summed E-state index contributed by atoms with van der Waals surface area (Å²) in [6.45, 7) is 2.36. The van der Waals surface area contributed by atoms with Crippen molar-refractivity contribution < 1.29 is 17.2 Å². The highest BCUT2D eigenvalue weighted by Gasteiger charge is 2.41. The molecule has 1 aliphatic rings. The normalized spacial score (nSPS) is 17.4. The molecule has 0 radical (unpaired) electrons. The molecule has 0 amide bonds. The van der Waals surface area contributed by atoms with Gasteiger partial charge in [0.1, 0.15) is 11.6 Å².